The lowest BCUT2D eigenvalue weighted by atomic mass is 10.3. The fourth-order valence-electron chi connectivity index (χ4n) is 1.45. The number of benzene rings is 1. The van der Waals surface area contributed by atoms with Crippen LogP contribution in [0.4, 0.5) is 0 Å². The molecule has 1 aromatic heterocycles. The number of rotatable bonds is 4. The zero-order valence-corrected chi connectivity index (χ0v) is 10.2. The molecule has 0 aliphatic rings. The molecule has 0 aliphatic heterocycles. The number of fused-ring (bicyclic) bond motifs is 1. The summed E-state index contributed by atoms with van der Waals surface area (Å²) < 4.78 is 6.26. The Labute approximate surface area is 99.2 Å². The molecule has 16 heavy (non-hydrogen) atoms. The number of ether oxygens (including phenoxy) is 1. The van der Waals surface area contributed by atoms with Crippen LogP contribution in [0.1, 0.15) is 0 Å². The first kappa shape index (κ1) is 11.2. The van der Waals surface area contributed by atoms with Gasteiger partial charge in [-0.1, -0.05) is 0 Å². The van der Waals surface area contributed by atoms with Gasteiger partial charge in [0.25, 0.3) is 0 Å². The molecule has 0 spiro atoms. The lowest BCUT2D eigenvalue weighted by Crippen LogP contribution is -2.19. The van der Waals surface area contributed by atoms with Crippen LogP contribution < -0.4 is 4.74 Å². The van der Waals surface area contributed by atoms with E-state index in [9.17, 15) is 0 Å². The maximum atomic E-state index is 5.62. The standard InChI is InChI=1S/C11H15N3OS/c1-14(2)5-6-15-8-3-4-9-10(7-8)13-11(16)12-9/h3-4,7H,5-6H2,1-2H3,(H2,12,13,16). The van der Waals surface area contributed by atoms with Crippen LogP contribution >= 0.6 is 12.2 Å². The molecule has 0 atom stereocenters. The summed E-state index contributed by atoms with van der Waals surface area (Å²) in [5.41, 5.74) is 1.98. The number of hydrogen-bond acceptors (Lipinski definition) is 3. The highest BCUT2D eigenvalue weighted by Gasteiger charge is 1.99. The fourth-order valence-corrected chi connectivity index (χ4v) is 1.67. The van der Waals surface area contributed by atoms with Crippen LogP contribution in [0.15, 0.2) is 18.2 Å². The third-order valence-corrected chi connectivity index (χ3v) is 2.50. The van der Waals surface area contributed by atoms with Crippen molar-refractivity contribution in [1.29, 1.82) is 0 Å². The Balaban J connectivity index is 2.10. The lowest BCUT2D eigenvalue weighted by Gasteiger charge is -2.10. The molecule has 0 bridgehead atoms. The van der Waals surface area contributed by atoms with Gasteiger partial charge in [0, 0.05) is 12.6 Å². The summed E-state index contributed by atoms with van der Waals surface area (Å²) in [6, 6.07) is 5.86. The van der Waals surface area contributed by atoms with Crippen molar-refractivity contribution in [3.8, 4) is 5.75 Å². The molecule has 0 fully saturated rings. The highest BCUT2D eigenvalue weighted by molar-refractivity contribution is 7.71. The summed E-state index contributed by atoms with van der Waals surface area (Å²) in [5.74, 6) is 0.861. The average molecular weight is 237 g/mol. The fraction of sp³-hybridized carbons (Fsp3) is 0.364. The third-order valence-electron chi connectivity index (χ3n) is 2.29. The van der Waals surface area contributed by atoms with Crippen molar-refractivity contribution >= 4 is 23.3 Å². The van der Waals surface area contributed by atoms with Gasteiger partial charge in [-0.05, 0) is 38.4 Å². The molecule has 86 valence electrons. The number of nitrogens with zero attached hydrogens (tertiary/aromatic N) is 1. The van der Waals surface area contributed by atoms with Crippen LogP contribution in [0.2, 0.25) is 0 Å². The number of likely N-dealkylation sites (N-methyl/N-ethyl adjacent to an activating group) is 1. The van der Waals surface area contributed by atoms with Gasteiger partial charge in [0.1, 0.15) is 12.4 Å². The average Bonchev–Trinajstić information content (AvgIpc) is 2.56. The van der Waals surface area contributed by atoms with Crippen LogP contribution in [0, 0.1) is 4.77 Å². The van der Waals surface area contributed by atoms with Crippen LogP contribution in [0.3, 0.4) is 0 Å². The van der Waals surface area contributed by atoms with Gasteiger partial charge in [0.05, 0.1) is 11.0 Å². The van der Waals surface area contributed by atoms with E-state index < -0.39 is 0 Å². The second-order valence-corrected chi connectivity index (χ2v) is 4.35. The van der Waals surface area contributed by atoms with Crippen molar-refractivity contribution in [3.05, 3.63) is 23.0 Å². The highest BCUT2D eigenvalue weighted by atomic mass is 32.1. The van der Waals surface area contributed by atoms with E-state index in [-0.39, 0.29) is 0 Å². The molecule has 0 saturated heterocycles. The zero-order valence-electron chi connectivity index (χ0n) is 9.41. The maximum absolute atomic E-state index is 5.62. The topological polar surface area (TPSA) is 44.0 Å². The molecule has 0 amide bonds. The molecule has 0 radical (unpaired) electrons. The lowest BCUT2D eigenvalue weighted by molar-refractivity contribution is 0.261. The first-order chi connectivity index (χ1) is 7.65. The minimum Gasteiger partial charge on any atom is -0.492 e. The molecule has 2 N–H and O–H groups in total. The van der Waals surface area contributed by atoms with Crippen LogP contribution in [-0.2, 0) is 0 Å². The van der Waals surface area contributed by atoms with Gasteiger partial charge in [-0.3, -0.25) is 0 Å². The van der Waals surface area contributed by atoms with Crippen LogP contribution in [0.5, 0.6) is 5.75 Å². The SMILES string of the molecule is CN(C)CCOc1ccc2[nH]c(=S)[nH]c2c1. The van der Waals surface area contributed by atoms with Gasteiger partial charge in [-0.15, -0.1) is 0 Å². The molecule has 0 unspecified atom stereocenters. The molecule has 0 aliphatic carbocycles. The first-order valence-corrected chi connectivity index (χ1v) is 5.55. The summed E-state index contributed by atoms with van der Waals surface area (Å²) in [6.45, 7) is 1.59. The normalized spacial score (nSPS) is 11.2. The Morgan fingerprint density at radius 1 is 1.25 bits per heavy atom. The number of nitrogens with one attached hydrogen (secondary N) is 2. The summed E-state index contributed by atoms with van der Waals surface area (Å²) in [5, 5.41) is 0. The largest absolute Gasteiger partial charge is 0.492 e. The molecule has 0 saturated carbocycles. The van der Waals surface area contributed by atoms with Gasteiger partial charge in [-0.2, -0.15) is 0 Å². The summed E-state index contributed by atoms with van der Waals surface area (Å²) in [6.07, 6.45) is 0. The molecule has 2 rings (SSSR count). The molecule has 5 heteroatoms. The third kappa shape index (κ3) is 2.62. The molecule has 1 aromatic carbocycles. The molecule has 4 nitrogen and oxygen atoms in total. The monoisotopic (exact) mass is 237 g/mol. The minimum atomic E-state index is 0.639. The Kier molecular flexibility index (Phi) is 3.26. The predicted octanol–water partition coefficient (Wildman–Crippen LogP) is 2.17. The highest BCUT2D eigenvalue weighted by Crippen LogP contribution is 2.17. The number of imidazole rings is 1. The van der Waals surface area contributed by atoms with E-state index in [4.69, 9.17) is 17.0 Å². The Morgan fingerprint density at radius 2 is 2.00 bits per heavy atom. The van der Waals surface area contributed by atoms with Gasteiger partial charge in [-0.25, -0.2) is 0 Å². The second-order valence-electron chi connectivity index (χ2n) is 3.94. The van der Waals surface area contributed by atoms with E-state index in [1.807, 2.05) is 32.3 Å². The van der Waals surface area contributed by atoms with Crippen LogP contribution in [-0.4, -0.2) is 42.1 Å². The summed E-state index contributed by atoms with van der Waals surface area (Å²) in [4.78, 5) is 8.21. The van der Waals surface area contributed by atoms with Gasteiger partial charge < -0.3 is 19.6 Å². The van der Waals surface area contributed by atoms with Gasteiger partial charge in [0.15, 0.2) is 4.77 Å². The molecular weight excluding hydrogens is 222 g/mol. The maximum Gasteiger partial charge on any atom is 0.175 e. The smallest absolute Gasteiger partial charge is 0.175 e. The first-order valence-electron chi connectivity index (χ1n) is 5.15. The quantitative estimate of drug-likeness (QED) is 0.801. The number of aromatic nitrogens is 2. The predicted molar refractivity (Wildman–Crippen MR) is 67.5 cm³/mol. The summed E-state index contributed by atoms with van der Waals surface area (Å²) >= 11 is 5.02. The number of aromatic amines is 2. The van der Waals surface area contributed by atoms with Gasteiger partial charge >= 0.3 is 0 Å². The minimum absolute atomic E-state index is 0.639. The van der Waals surface area contributed by atoms with Crippen molar-refractivity contribution in [3.63, 3.8) is 0 Å². The number of H-pyrrole nitrogens is 2. The zero-order chi connectivity index (χ0) is 11.5. The van der Waals surface area contributed by atoms with E-state index in [1.165, 1.54) is 0 Å². The van der Waals surface area contributed by atoms with Crippen molar-refractivity contribution in [2.45, 2.75) is 0 Å². The van der Waals surface area contributed by atoms with Gasteiger partial charge in [0.2, 0.25) is 0 Å². The van der Waals surface area contributed by atoms with E-state index >= 15 is 0 Å². The Hall–Kier alpha value is -1.33. The molecule has 2 aromatic rings. The van der Waals surface area contributed by atoms with Crippen molar-refractivity contribution in [2.24, 2.45) is 0 Å². The van der Waals surface area contributed by atoms with E-state index in [0.29, 0.717) is 11.4 Å². The van der Waals surface area contributed by atoms with E-state index in [2.05, 4.69) is 14.9 Å². The van der Waals surface area contributed by atoms with E-state index in [0.717, 1.165) is 23.3 Å². The van der Waals surface area contributed by atoms with Crippen molar-refractivity contribution in [1.82, 2.24) is 14.9 Å². The van der Waals surface area contributed by atoms with Crippen molar-refractivity contribution < 1.29 is 4.74 Å². The van der Waals surface area contributed by atoms with E-state index in [1.54, 1.807) is 0 Å². The van der Waals surface area contributed by atoms with Crippen LogP contribution in [0.25, 0.3) is 11.0 Å². The molecule has 1 heterocycles. The molecular formula is C11H15N3OS. The Morgan fingerprint density at radius 3 is 2.75 bits per heavy atom. The number of hydrogen-bond donors (Lipinski definition) is 2. The second kappa shape index (κ2) is 4.67. The van der Waals surface area contributed by atoms with Crippen molar-refractivity contribution in [2.75, 3.05) is 27.2 Å². The summed E-state index contributed by atoms with van der Waals surface area (Å²) in [7, 11) is 4.05. The Bertz CT molecular complexity index is 529.